The van der Waals surface area contributed by atoms with Gasteiger partial charge in [-0.05, 0) is 40.8 Å². The largest absolute Gasteiger partial charge is 0.484 e. The fraction of sp³-hybridized carbons (Fsp3) is 0.286. The minimum Gasteiger partial charge on any atom is -0.484 e. The molecule has 0 saturated carbocycles. The van der Waals surface area contributed by atoms with Gasteiger partial charge >= 0.3 is 5.97 Å². The molecule has 0 aliphatic carbocycles. The van der Waals surface area contributed by atoms with Crippen LogP contribution in [0.15, 0.2) is 53.6 Å². The summed E-state index contributed by atoms with van der Waals surface area (Å²) in [7, 11) is 1.33. The van der Waals surface area contributed by atoms with Crippen molar-refractivity contribution < 1.29 is 19.1 Å². The predicted molar refractivity (Wildman–Crippen MR) is 104 cm³/mol. The Bertz CT molecular complexity index is 804. The van der Waals surface area contributed by atoms with E-state index < -0.39 is 5.97 Å². The SMILES string of the molecule is COC(=O)c1ccc(/C=N/NC(=O)COc2ccc(C(C)(C)C)cc2)cc1. The van der Waals surface area contributed by atoms with E-state index in [0.717, 1.165) is 5.56 Å². The van der Waals surface area contributed by atoms with Crippen LogP contribution in [0.3, 0.4) is 0 Å². The molecular weight excluding hydrogens is 344 g/mol. The Labute approximate surface area is 159 Å². The zero-order chi connectivity index (χ0) is 19.9. The molecule has 0 aliphatic rings. The van der Waals surface area contributed by atoms with Gasteiger partial charge < -0.3 is 9.47 Å². The van der Waals surface area contributed by atoms with Crippen molar-refractivity contribution in [2.75, 3.05) is 13.7 Å². The molecule has 0 aromatic heterocycles. The average molecular weight is 368 g/mol. The normalized spacial score (nSPS) is 11.3. The highest BCUT2D eigenvalue weighted by molar-refractivity contribution is 5.90. The second kappa shape index (κ2) is 8.98. The maximum absolute atomic E-state index is 11.8. The number of nitrogens with one attached hydrogen (secondary N) is 1. The highest BCUT2D eigenvalue weighted by atomic mass is 16.5. The van der Waals surface area contributed by atoms with E-state index in [-0.39, 0.29) is 17.9 Å². The number of hydrogen-bond donors (Lipinski definition) is 1. The minimum absolute atomic E-state index is 0.0691. The Morgan fingerprint density at radius 2 is 1.67 bits per heavy atom. The second-order valence-corrected chi connectivity index (χ2v) is 6.97. The molecule has 2 rings (SSSR count). The van der Waals surface area contributed by atoms with Crippen molar-refractivity contribution in [3.05, 3.63) is 65.2 Å². The second-order valence-electron chi connectivity index (χ2n) is 6.97. The predicted octanol–water partition coefficient (Wildman–Crippen LogP) is 3.30. The lowest BCUT2D eigenvalue weighted by molar-refractivity contribution is -0.123. The number of carbonyl (C=O) groups is 2. The molecule has 0 saturated heterocycles. The first kappa shape index (κ1) is 20.2. The molecule has 0 spiro atoms. The third kappa shape index (κ3) is 6.26. The molecule has 0 heterocycles. The third-order valence-corrected chi connectivity index (χ3v) is 3.82. The minimum atomic E-state index is -0.403. The molecule has 0 bridgehead atoms. The molecule has 1 amide bonds. The summed E-state index contributed by atoms with van der Waals surface area (Å²) in [6.45, 7) is 6.28. The van der Waals surface area contributed by atoms with Gasteiger partial charge in [-0.2, -0.15) is 5.10 Å². The molecule has 0 fully saturated rings. The van der Waals surface area contributed by atoms with E-state index >= 15 is 0 Å². The number of hydrazone groups is 1. The van der Waals surface area contributed by atoms with E-state index in [1.165, 1.54) is 18.9 Å². The van der Waals surface area contributed by atoms with E-state index in [2.05, 4.69) is 36.0 Å². The van der Waals surface area contributed by atoms with Crippen LogP contribution < -0.4 is 10.2 Å². The van der Waals surface area contributed by atoms with E-state index in [9.17, 15) is 9.59 Å². The molecule has 2 aromatic rings. The van der Waals surface area contributed by atoms with Gasteiger partial charge in [-0.1, -0.05) is 45.0 Å². The van der Waals surface area contributed by atoms with Gasteiger partial charge in [-0.15, -0.1) is 0 Å². The Balaban J connectivity index is 1.80. The monoisotopic (exact) mass is 368 g/mol. The van der Waals surface area contributed by atoms with Crippen molar-refractivity contribution in [1.29, 1.82) is 0 Å². The summed E-state index contributed by atoms with van der Waals surface area (Å²) in [6, 6.07) is 14.3. The Morgan fingerprint density at radius 1 is 1.04 bits per heavy atom. The van der Waals surface area contributed by atoms with Crippen LogP contribution in [0.25, 0.3) is 0 Å². The number of methoxy groups -OCH3 is 1. The highest BCUT2D eigenvalue weighted by Gasteiger charge is 2.13. The lowest BCUT2D eigenvalue weighted by Gasteiger charge is -2.19. The number of ether oxygens (including phenoxy) is 2. The summed E-state index contributed by atoms with van der Waals surface area (Å²) in [6.07, 6.45) is 1.48. The molecular formula is C21H24N2O4. The van der Waals surface area contributed by atoms with E-state index in [1.807, 2.05) is 24.3 Å². The maximum Gasteiger partial charge on any atom is 0.337 e. The van der Waals surface area contributed by atoms with Gasteiger partial charge in [0.25, 0.3) is 5.91 Å². The van der Waals surface area contributed by atoms with Gasteiger partial charge in [0, 0.05) is 0 Å². The number of amides is 1. The average Bonchev–Trinajstić information content (AvgIpc) is 2.66. The quantitative estimate of drug-likeness (QED) is 0.482. The fourth-order valence-corrected chi connectivity index (χ4v) is 2.23. The Morgan fingerprint density at radius 3 is 2.22 bits per heavy atom. The van der Waals surface area contributed by atoms with Gasteiger partial charge in [0.1, 0.15) is 5.75 Å². The highest BCUT2D eigenvalue weighted by Crippen LogP contribution is 2.24. The summed E-state index contributed by atoms with van der Waals surface area (Å²) >= 11 is 0. The number of hydrogen-bond acceptors (Lipinski definition) is 5. The lowest BCUT2D eigenvalue weighted by atomic mass is 9.87. The molecule has 0 unspecified atom stereocenters. The number of carbonyl (C=O) groups excluding carboxylic acids is 2. The smallest absolute Gasteiger partial charge is 0.337 e. The molecule has 27 heavy (non-hydrogen) atoms. The fourth-order valence-electron chi connectivity index (χ4n) is 2.23. The van der Waals surface area contributed by atoms with Gasteiger partial charge in [0.2, 0.25) is 0 Å². The van der Waals surface area contributed by atoms with E-state index in [1.54, 1.807) is 24.3 Å². The summed E-state index contributed by atoms with van der Waals surface area (Å²) in [4.78, 5) is 23.2. The number of benzene rings is 2. The topological polar surface area (TPSA) is 77.0 Å². The summed E-state index contributed by atoms with van der Waals surface area (Å²) in [5, 5.41) is 3.87. The van der Waals surface area contributed by atoms with Crippen LogP contribution in [0.2, 0.25) is 0 Å². The molecule has 1 N–H and O–H groups in total. The maximum atomic E-state index is 11.8. The van der Waals surface area contributed by atoms with Crippen molar-refractivity contribution in [2.45, 2.75) is 26.2 Å². The van der Waals surface area contributed by atoms with Crippen LogP contribution in [0.1, 0.15) is 42.3 Å². The van der Waals surface area contributed by atoms with E-state index in [4.69, 9.17) is 4.74 Å². The molecule has 0 aliphatic heterocycles. The van der Waals surface area contributed by atoms with Gasteiger partial charge in [0.05, 0.1) is 18.9 Å². The summed E-state index contributed by atoms with van der Waals surface area (Å²) in [5.74, 6) is -0.141. The zero-order valence-electron chi connectivity index (χ0n) is 16.0. The Kier molecular flexibility index (Phi) is 6.71. The molecule has 2 aromatic carbocycles. The number of esters is 1. The van der Waals surface area contributed by atoms with Crippen LogP contribution in [0.5, 0.6) is 5.75 Å². The zero-order valence-corrected chi connectivity index (χ0v) is 16.0. The van der Waals surface area contributed by atoms with Crippen molar-refractivity contribution >= 4 is 18.1 Å². The van der Waals surface area contributed by atoms with Crippen molar-refractivity contribution in [2.24, 2.45) is 5.10 Å². The molecule has 6 heteroatoms. The molecule has 142 valence electrons. The van der Waals surface area contributed by atoms with Crippen LogP contribution >= 0.6 is 0 Å². The van der Waals surface area contributed by atoms with Crippen LogP contribution in [0, 0.1) is 0 Å². The van der Waals surface area contributed by atoms with Gasteiger partial charge in [-0.3, -0.25) is 4.79 Å². The first-order valence-electron chi connectivity index (χ1n) is 8.53. The molecule has 0 radical (unpaired) electrons. The van der Waals surface area contributed by atoms with Crippen molar-refractivity contribution in [3.63, 3.8) is 0 Å². The number of rotatable bonds is 6. The summed E-state index contributed by atoms with van der Waals surface area (Å²) in [5.41, 5.74) is 4.85. The van der Waals surface area contributed by atoms with Crippen molar-refractivity contribution in [1.82, 2.24) is 5.43 Å². The van der Waals surface area contributed by atoms with Crippen LogP contribution in [-0.2, 0) is 14.9 Å². The standard InChI is InChI=1S/C21H24N2O4/c1-21(2,3)17-9-11-18(12-10-17)27-14-19(24)23-22-13-15-5-7-16(8-6-15)20(25)26-4/h5-13H,14H2,1-4H3,(H,23,24)/b22-13+. The Hall–Kier alpha value is -3.15. The third-order valence-electron chi connectivity index (χ3n) is 3.82. The van der Waals surface area contributed by atoms with Crippen molar-refractivity contribution in [3.8, 4) is 5.75 Å². The van der Waals surface area contributed by atoms with Gasteiger partial charge in [0.15, 0.2) is 6.61 Å². The number of nitrogens with zero attached hydrogens (tertiary/aromatic N) is 1. The molecule has 6 nitrogen and oxygen atoms in total. The van der Waals surface area contributed by atoms with Crippen LogP contribution in [0.4, 0.5) is 0 Å². The van der Waals surface area contributed by atoms with Gasteiger partial charge in [-0.25, -0.2) is 10.2 Å². The first-order chi connectivity index (χ1) is 12.8. The molecule has 0 atom stereocenters. The van der Waals surface area contributed by atoms with Crippen LogP contribution in [-0.4, -0.2) is 31.8 Å². The van der Waals surface area contributed by atoms with E-state index in [0.29, 0.717) is 11.3 Å². The first-order valence-corrected chi connectivity index (χ1v) is 8.53. The summed E-state index contributed by atoms with van der Waals surface area (Å²) < 4.78 is 10.1. The lowest BCUT2D eigenvalue weighted by Crippen LogP contribution is -2.24.